The molecule has 0 spiro atoms. The minimum absolute atomic E-state index is 0.106. The lowest BCUT2D eigenvalue weighted by Gasteiger charge is -2.26. The Morgan fingerprint density at radius 1 is 1.11 bits per heavy atom. The molecule has 0 bridgehead atoms. The maximum atomic E-state index is 6.00. The molecule has 3 heterocycles. The Bertz CT molecular complexity index is 953. The van der Waals surface area contributed by atoms with Crippen LogP contribution in [0.1, 0.15) is 43.1 Å². The summed E-state index contributed by atoms with van der Waals surface area (Å²) in [6.45, 7) is 5.97. The summed E-state index contributed by atoms with van der Waals surface area (Å²) < 4.78 is 11.8. The van der Waals surface area contributed by atoms with Gasteiger partial charge in [0.25, 0.3) is 0 Å². The van der Waals surface area contributed by atoms with E-state index in [9.17, 15) is 0 Å². The molecule has 4 rings (SSSR count). The highest BCUT2D eigenvalue weighted by atomic mass is 32.1. The third-order valence-corrected chi connectivity index (χ3v) is 4.95. The number of rotatable bonds is 5. The summed E-state index contributed by atoms with van der Waals surface area (Å²) >= 11 is 5.70. The lowest BCUT2D eigenvalue weighted by molar-refractivity contribution is 0.242. The Hall–Kier alpha value is -2.86. The highest BCUT2D eigenvalue weighted by molar-refractivity contribution is 7.80. The number of ether oxygens (including phenoxy) is 1. The Morgan fingerprint density at radius 3 is 2.50 bits per heavy atom. The molecule has 0 amide bonds. The van der Waals surface area contributed by atoms with Gasteiger partial charge in [-0.15, -0.1) is 0 Å². The van der Waals surface area contributed by atoms with Gasteiger partial charge in [0.15, 0.2) is 5.11 Å². The minimum atomic E-state index is -0.132. The summed E-state index contributed by atoms with van der Waals surface area (Å²) in [4.78, 5) is 6.63. The van der Waals surface area contributed by atoms with Crippen molar-refractivity contribution in [2.24, 2.45) is 0 Å². The van der Waals surface area contributed by atoms with Gasteiger partial charge in [0, 0.05) is 11.9 Å². The summed E-state index contributed by atoms with van der Waals surface area (Å²) in [5, 5.41) is 4.07. The van der Waals surface area contributed by atoms with Crippen LogP contribution < -0.4 is 15.0 Å². The van der Waals surface area contributed by atoms with Crippen LogP contribution >= 0.6 is 12.2 Å². The van der Waals surface area contributed by atoms with E-state index >= 15 is 0 Å². The number of nitrogens with one attached hydrogen (secondary N) is 1. The van der Waals surface area contributed by atoms with Crippen molar-refractivity contribution in [3.63, 3.8) is 0 Å². The quantitative estimate of drug-likeness (QED) is 0.619. The predicted molar refractivity (Wildman–Crippen MR) is 114 cm³/mol. The molecule has 28 heavy (non-hydrogen) atoms. The van der Waals surface area contributed by atoms with Crippen LogP contribution in [-0.4, -0.2) is 16.2 Å². The third kappa shape index (κ3) is 3.60. The molecule has 144 valence electrons. The van der Waals surface area contributed by atoms with E-state index in [1.165, 1.54) is 0 Å². The average Bonchev–Trinajstić information content (AvgIpc) is 3.26. The molecular formula is C22H23N3O2S. The topological polar surface area (TPSA) is 50.5 Å². The largest absolute Gasteiger partial charge is 0.491 e. The second-order valence-electron chi connectivity index (χ2n) is 7.11. The highest BCUT2D eigenvalue weighted by Crippen LogP contribution is 2.42. The number of nitrogens with zero attached hydrogens (tertiary/aromatic N) is 2. The summed E-state index contributed by atoms with van der Waals surface area (Å²) in [6.07, 6.45) is 1.93. The zero-order valence-electron chi connectivity index (χ0n) is 16.1. The van der Waals surface area contributed by atoms with Crippen molar-refractivity contribution in [2.75, 3.05) is 4.90 Å². The summed E-state index contributed by atoms with van der Waals surface area (Å²) in [5.74, 6) is 2.56. The van der Waals surface area contributed by atoms with E-state index in [-0.39, 0.29) is 18.2 Å². The van der Waals surface area contributed by atoms with Gasteiger partial charge < -0.3 is 19.4 Å². The zero-order valence-corrected chi connectivity index (χ0v) is 16.9. The van der Waals surface area contributed by atoms with Gasteiger partial charge in [-0.1, -0.05) is 6.07 Å². The van der Waals surface area contributed by atoms with Gasteiger partial charge in [-0.25, -0.2) is 0 Å². The van der Waals surface area contributed by atoms with Gasteiger partial charge in [-0.05, 0) is 81.5 Å². The number of furan rings is 1. The molecule has 1 aliphatic rings. The van der Waals surface area contributed by atoms with E-state index < -0.39 is 0 Å². The molecule has 1 saturated heterocycles. The van der Waals surface area contributed by atoms with Gasteiger partial charge in [-0.3, -0.25) is 4.98 Å². The maximum Gasteiger partial charge on any atom is 0.174 e. The normalized spacial score (nSPS) is 19.1. The first-order chi connectivity index (χ1) is 13.5. The van der Waals surface area contributed by atoms with Crippen LogP contribution in [0.5, 0.6) is 5.75 Å². The highest BCUT2D eigenvalue weighted by Gasteiger charge is 2.42. The van der Waals surface area contributed by atoms with Crippen molar-refractivity contribution in [3.05, 3.63) is 78.0 Å². The fraction of sp³-hybridized carbons (Fsp3) is 0.273. The first-order valence-corrected chi connectivity index (χ1v) is 9.77. The molecule has 5 nitrogen and oxygen atoms in total. The lowest BCUT2D eigenvalue weighted by atomic mass is 10.0. The van der Waals surface area contributed by atoms with Gasteiger partial charge in [0.1, 0.15) is 23.3 Å². The van der Waals surface area contributed by atoms with E-state index in [4.69, 9.17) is 21.4 Å². The second-order valence-corrected chi connectivity index (χ2v) is 7.49. The fourth-order valence-corrected chi connectivity index (χ4v) is 3.84. The molecular weight excluding hydrogens is 370 g/mol. The standard InChI is InChI=1S/C22H23N3O2S/c1-14(2)26-17-10-8-16(9-11-17)25-21(19-12-7-15(3)27-19)20(24-22(25)28)18-6-4-5-13-23-18/h4-14,20-21H,1-3H3,(H,24,28)/t20-,21+/m0/s1. The number of anilines is 1. The second kappa shape index (κ2) is 7.64. The molecule has 2 atom stereocenters. The number of hydrogen-bond acceptors (Lipinski definition) is 4. The van der Waals surface area contributed by atoms with Crippen molar-refractivity contribution in [1.82, 2.24) is 10.3 Å². The van der Waals surface area contributed by atoms with E-state index in [2.05, 4.69) is 15.2 Å². The van der Waals surface area contributed by atoms with E-state index in [1.54, 1.807) is 6.20 Å². The SMILES string of the molecule is Cc1ccc([C@@H]2[C@H](c3ccccn3)NC(=S)N2c2ccc(OC(C)C)cc2)o1. The van der Waals surface area contributed by atoms with Crippen molar-refractivity contribution < 1.29 is 9.15 Å². The van der Waals surface area contributed by atoms with E-state index in [1.807, 2.05) is 75.4 Å². The molecule has 3 aromatic rings. The molecule has 0 aliphatic carbocycles. The molecule has 0 radical (unpaired) electrons. The predicted octanol–water partition coefficient (Wildman–Crippen LogP) is 4.95. The van der Waals surface area contributed by atoms with E-state index in [0.29, 0.717) is 5.11 Å². The van der Waals surface area contributed by atoms with Crippen LogP contribution in [0.3, 0.4) is 0 Å². The first kappa shape index (κ1) is 18.5. The Morgan fingerprint density at radius 2 is 1.89 bits per heavy atom. The summed E-state index contributed by atoms with van der Waals surface area (Å²) in [6, 6.07) is 17.6. The van der Waals surface area contributed by atoms with Crippen LogP contribution in [0.15, 0.2) is 65.2 Å². The summed E-state index contributed by atoms with van der Waals surface area (Å²) in [5.41, 5.74) is 1.90. The van der Waals surface area contributed by atoms with Gasteiger partial charge in [0.05, 0.1) is 17.8 Å². The molecule has 0 saturated carbocycles. The maximum absolute atomic E-state index is 6.00. The number of hydrogen-bond donors (Lipinski definition) is 1. The van der Waals surface area contributed by atoms with Crippen molar-refractivity contribution in [1.29, 1.82) is 0 Å². The lowest BCUT2D eigenvalue weighted by Crippen LogP contribution is -2.29. The first-order valence-electron chi connectivity index (χ1n) is 9.36. The van der Waals surface area contributed by atoms with Crippen LogP contribution in [0, 0.1) is 6.92 Å². The van der Waals surface area contributed by atoms with Crippen LogP contribution in [-0.2, 0) is 0 Å². The number of aromatic nitrogens is 1. The smallest absolute Gasteiger partial charge is 0.174 e. The van der Waals surface area contributed by atoms with Crippen LogP contribution in [0.4, 0.5) is 5.69 Å². The number of thiocarbonyl (C=S) groups is 1. The molecule has 1 N–H and O–H groups in total. The number of benzene rings is 1. The van der Waals surface area contributed by atoms with Gasteiger partial charge in [0.2, 0.25) is 0 Å². The monoisotopic (exact) mass is 393 g/mol. The van der Waals surface area contributed by atoms with Gasteiger partial charge >= 0.3 is 0 Å². The molecule has 2 aromatic heterocycles. The van der Waals surface area contributed by atoms with Gasteiger partial charge in [-0.2, -0.15) is 0 Å². The Balaban J connectivity index is 1.73. The van der Waals surface area contributed by atoms with Crippen molar-refractivity contribution in [2.45, 2.75) is 39.0 Å². The number of pyridine rings is 1. The van der Waals surface area contributed by atoms with Crippen molar-refractivity contribution >= 4 is 23.0 Å². The van der Waals surface area contributed by atoms with Crippen LogP contribution in [0.25, 0.3) is 0 Å². The molecule has 1 fully saturated rings. The minimum Gasteiger partial charge on any atom is -0.491 e. The molecule has 1 aromatic carbocycles. The Labute approximate surface area is 170 Å². The molecule has 0 unspecified atom stereocenters. The zero-order chi connectivity index (χ0) is 19.7. The molecule has 1 aliphatic heterocycles. The fourth-order valence-electron chi connectivity index (χ4n) is 3.49. The molecule has 6 heteroatoms. The van der Waals surface area contributed by atoms with E-state index in [0.717, 1.165) is 28.7 Å². The average molecular weight is 394 g/mol. The van der Waals surface area contributed by atoms with Crippen LogP contribution in [0.2, 0.25) is 0 Å². The number of aryl methyl sites for hydroxylation is 1. The summed E-state index contributed by atoms with van der Waals surface area (Å²) in [7, 11) is 0. The third-order valence-electron chi connectivity index (χ3n) is 4.64. The van der Waals surface area contributed by atoms with Crippen molar-refractivity contribution in [3.8, 4) is 5.75 Å². The Kier molecular flexibility index (Phi) is 5.05.